The molecule has 0 aromatic heterocycles. The number of hydrogen-bond donors (Lipinski definition) is 2. The Balaban J connectivity index is 1.58. The molecule has 0 saturated heterocycles. The van der Waals surface area contributed by atoms with Crippen molar-refractivity contribution in [2.45, 2.75) is 45.6 Å². The van der Waals surface area contributed by atoms with Gasteiger partial charge in [-0.05, 0) is 66.3 Å². The van der Waals surface area contributed by atoms with Gasteiger partial charge in [-0.15, -0.1) is 0 Å². The van der Waals surface area contributed by atoms with E-state index >= 15 is 0 Å². The molecule has 0 aliphatic carbocycles. The molecule has 0 saturated carbocycles. The molecule has 1 atom stereocenters. The summed E-state index contributed by atoms with van der Waals surface area (Å²) in [6.07, 6.45) is -0.138. The largest absolute Gasteiger partial charge is 0.493 e. The Kier molecular flexibility index (Phi) is 9.17. The number of anilines is 1. The number of ether oxygens (including phenoxy) is 3. The van der Waals surface area contributed by atoms with E-state index in [0.717, 1.165) is 5.56 Å². The second-order valence-corrected chi connectivity index (χ2v) is 9.76. The van der Waals surface area contributed by atoms with Gasteiger partial charge in [-0.25, -0.2) is 0 Å². The van der Waals surface area contributed by atoms with E-state index in [1.165, 1.54) is 5.56 Å². The third-order valence-electron chi connectivity index (χ3n) is 5.98. The van der Waals surface area contributed by atoms with E-state index in [2.05, 4.69) is 31.4 Å². The molecule has 3 aromatic rings. The lowest BCUT2D eigenvalue weighted by Gasteiger charge is -2.20. The third kappa shape index (κ3) is 7.49. The Morgan fingerprint density at radius 2 is 1.57 bits per heavy atom. The molecule has 196 valence electrons. The number of rotatable bonds is 10. The molecule has 0 aliphatic rings. The van der Waals surface area contributed by atoms with Crippen molar-refractivity contribution in [3.8, 4) is 17.2 Å². The molecule has 2 amide bonds. The lowest BCUT2D eigenvalue weighted by molar-refractivity contribution is -0.122. The predicted molar refractivity (Wildman–Crippen MR) is 146 cm³/mol. The molecular formula is C30H36N2O5. The highest BCUT2D eigenvalue weighted by Crippen LogP contribution is 2.28. The summed E-state index contributed by atoms with van der Waals surface area (Å²) in [6, 6.07) is 20.3. The Hall–Kier alpha value is -4.00. The number of nitrogens with one attached hydrogen (secondary N) is 2. The first-order valence-corrected chi connectivity index (χ1v) is 12.3. The van der Waals surface area contributed by atoms with Crippen molar-refractivity contribution in [2.75, 3.05) is 26.1 Å². The van der Waals surface area contributed by atoms with Crippen molar-refractivity contribution in [1.82, 2.24) is 5.32 Å². The quantitative estimate of drug-likeness (QED) is 0.387. The first-order valence-electron chi connectivity index (χ1n) is 12.3. The van der Waals surface area contributed by atoms with Crippen molar-refractivity contribution in [2.24, 2.45) is 0 Å². The van der Waals surface area contributed by atoms with Crippen LogP contribution < -0.4 is 24.8 Å². The molecule has 0 spiro atoms. The molecule has 0 radical (unpaired) electrons. The molecule has 2 N–H and O–H groups in total. The van der Waals surface area contributed by atoms with Crippen LogP contribution in [0, 0.1) is 0 Å². The van der Waals surface area contributed by atoms with Crippen LogP contribution in [0.1, 0.15) is 49.2 Å². The van der Waals surface area contributed by atoms with E-state index in [9.17, 15) is 9.59 Å². The number of amides is 2. The number of benzene rings is 3. The van der Waals surface area contributed by atoms with Gasteiger partial charge in [-0.3, -0.25) is 9.59 Å². The highest BCUT2D eigenvalue weighted by molar-refractivity contribution is 6.04. The van der Waals surface area contributed by atoms with Crippen LogP contribution in [0.4, 0.5) is 5.69 Å². The fourth-order valence-electron chi connectivity index (χ4n) is 3.77. The van der Waals surface area contributed by atoms with Crippen LogP contribution in [0.5, 0.6) is 17.2 Å². The average molecular weight is 505 g/mol. The smallest absolute Gasteiger partial charge is 0.265 e. The minimum absolute atomic E-state index is 0.0350. The van der Waals surface area contributed by atoms with Gasteiger partial charge in [0, 0.05) is 6.54 Å². The first kappa shape index (κ1) is 27.6. The van der Waals surface area contributed by atoms with Gasteiger partial charge in [0.15, 0.2) is 17.6 Å². The van der Waals surface area contributed by atoms with E-state index in [4.69, 9.17) is 14.2 Å². The molecule has 0 aliphatic heterocycles. The summed E-state index contributed by atoms with van der Waals surface area (Å²) in [7, 11) is 3.17. The van der Waals surface area contributed by atoms with Crippen LogP contribution in [0.25, 0.3) is 0 Å². The van der Waals surface area contributed by atoms with Crippen LogP contribution in [0.3, 0.4) is 0 Å². The molecule has 0 fully saturated rings. The number of hydrogen-bond acceptors (Lipinski definition) is 5. The summed E-state index contributed by atoms with van der Waals surface area (Å²) in [6.45, 7) is 8.52. The summed E-state index contributed by atoms with van der Waals surface area (Å²) in [5.74, 6) is 1.28. The topological polar surface area (TPSA) is 85.9 Å². The Bertz CT molecular complexity index is 1220. The van der Waals surface area contributed by atoms with Gasteiger partial charge in [-0.2, -0.15) is 0 Å². The summed E-state index contributed by atoms with van der Waals surface area (Å²) < 4.78 is 16.4. The zero-order valence-corrected chi connectivity index (χ0v) is 22.4. The molecule has 3 rings (SSSR count). The van der Waals surface area contributed by atoms with Gasteiger partial charge >= 0.3 is 0 Å². The number of methoxy groups -OCH3 is 2. The monoisotopic (exact) mass is 504 g/mol. The Labute approximate surface area is 219 Å². The summed E-state index contributed by atoms with van der Waals surface area (Å²) in [5.41, 5.74) is 3.02. The summed E-state index contributed by atoms with van der Waals surface area (Å²) >= 11 is 0. The molecule has 0 heterocycles. The number of carbonyl (C=O) groups is 2. The second-order valence-electron chi connectivity index (χ2n) is 9.76. The van der Waals surface area contributed by atoms with Crippen molar-refractivity contribution in [3.63, 3.8) is 0 Å². The second kappa shape index (κ2) is 12.3. The normalized spacial score (nSPS) is 11.8. The molecule has 7 heteroatoms. The highest BCUT2D eigenvalue weighted by atomic mass is 16.5. The molecule has 0 bridgehead atoms. The predicted octanol–water partition coefficient (Wildman–Crippen LogP) is 5.38. The van der Waals surface area contributed by atoms with E-state index < -0.39 is 6.10 Å². The van der Waals surface area contributed by atoms with Crippen LogP contribution in [-0.2, 0) is 16.6 Å². The fourth-order valence-corrected chi connectivity index (χ4v) is 3.77. The van der Waals surface area contributed by atoms with Crippen LogP contribution in [0.15, 0.2) is 66.7 Å². The van der Waals surface area contributed by atoms with Gasteiger partial charge in [0.05, 0.1) is 25.5 Å². The van der Waals surface area contributed by atoms with Gasteiger partial charge < -0.3 is 24.8 Å². The van der Waals surface area contributed by atoms with Crippen LogP contribution >= 0.6 is 0 Å². The number of carbonyl (C=O) groups excluding carboxylic acids is 2. The minimum Gasteiger partial charge on any atom is -0.493 e. The number of para-hydroxylation sites is 1. The van der Waals surface area contributed by atoms with Crippen molar-refractivity contribution in [1.29, 1.82) is 0 Å². The van der Waals surface area contributed by atoms with Gasteiger partial charge in [0.25, 0.3) is 11.8 Å². The van der Waals surface area contributed by atoms with E-state index in [0.29, 0.717) is 41.5 Å². The zero-order valence-electron chi connectivity index (χ0n) is 22.4. The summed E-state index contributed by atoms with van der Waals surface area (Å²) in [5, 5.41) is 5.75. The van der Waals surface area contributed by atoms with E-state index in [1.807, 2.05) is 42.5 Å². The van der Waals surface area contributed by atoms with E-state index in [-0.39, 0.29) is 17.2 Å². The highest BCUT2D eigenvalue weighted by Gasteiger charge is 2.19. The lowest BCUT2D eigenvalue weighted by atomic mass is 9.87. The SMILES string of the molecule is COc1ccc(CCNC(=O)c2ccccc2NC(=O)C(C)Oc2ccc(C(C)(C)C)cc2)cc1OC. The Morgan fingerprint density at radius 1 is 0.892 bits per heavy atom. The maximum atomic E-state index is 12.9. The standard InChI is InChI=1S/C30H36N2O5/c1-20(37-23-14-12-22(13-15-23)30(2,3)4)28(33)32-25-10-8-7-9-24(25)29(34)31-18-17-21-11-16-26(35-5)27(19-21)36-6/h7-16,19-20H,17-18H2,1-6H3,(H,31,34)(H,32,33). The minimum atomic E-state index is -0.748. The van der Waals surface area contributed by atoms with Crippen molar-refractivity contribution >= 4 is 17.5 Å². The van der Waals surface area contributed by atoms with Crippen LogP contribution in [-0.4, -0.2) is 38.7 Å². The van der Waals surface area contributed by atoms with Crippen molar-refractivity contribution in [3.05, 3.63) is 83.4 Å². The van der Waals surface area contributed by atoms with Crippen LogP contribution in [0.2, 0.25) is 0 Å². The van der Waals surface area contributed by atoms with Crippen molar-refractivity contribution < 1.29 is 23.8 Å². The first-order chi connectivity index (χ1) is 17.6. The Morgan fingerprint density at radius 3 is 2.22 bits per heavy atom. The zero-order chi connectivity index (χ0) is 27.0. The summed E-state index contributed by atoms with van der Waals surface area (Å²) in [4.78, 5) is 25.7. The molecule has 7 nitrogen and oxygen atoms in total. The maximum absolute atomic E-state index is 12.9. The third-order valence-corrected chi connectivity index (χ3v) is 5.98. The lowest BCUT2D eigenvalue weighted by Crippen LogP contribution is -2.32. The van der Waals surface area contributed by atoms with E-state index in [1.54, 1.807) is 45.4 Å². The fraction of sp³-hybridized carbons (Fsp3) is 0.333. The molecule has 3 aromatic carbocycles. The van der Waals surface area contributed by atoms with Gasteiger partial charge in [0.2, 0.25) is 0 Å². The average Bonchev–Trinajstić information content (AvgIpc) is 2.88. The molecule has 37 heavy (non-hydrogen) atoms. The van der Waals surface area contributed by atoms with Gasteiger partial charge in [-0.1, -0.05) is 51.1 Å². The van der Waals surface area contributed by atoms with Gasteiger partial charge in [0.1, 0.15) is 5.75 Å². The maximum Gasteiger partial charge on any atom is 0.265 e. The molecular weight excluding hydrogens is 468 g/mol. The molecule has 1 unspecified atom stereocenters.